The van der Waals surface area contributed by atoms with Gasteiger partial charge in [-0.3, -0.25) is 9.59 Å². The van der Waals surface area contributed by atoms with E-state index in [2.05, 4.69) is 15.7 Å². The maximum atomic E-state index is 13.6. The van der Waals surface area contributed by atoms with Gasteiger partial charge in [0.25, 0.3) is 5.56 Å². The molecule has 4 rings (SSSR count). The zero-order valence-electron chi connectivity index (χ0n) is 24.6. The molecular formula is C30H36F3N5O4. The van der Waals surface area contributed by atoms with Crippen molar-refractivity contribution in [3.63, 3.8) is 0 Å². The number of hydrogen-bond donors (Lipinski definition) is 2. The third kappa shape index (κ3) is 7.21. The summed E-state index contributed by atoms with van der Waals surface area (Å²) in [6.07, 6.45) is -3.38. The molecule has 0 radical (unpaired) electrons. The zero-order valence-corrected chi connectivity index (χ0v) is 24.6. The number of piperidine rings is 1. The van der Waals surface area contributed by atoms with Gasteiger partial charge in [-0.05, 0) is 82.0 Å². The summed E-state index contributed by atoms with van der Waals surface area (Å²) in [6, 6.07) is 8.14. The summed E-state index contributed by atoms with van der Waals surface area (Å²) in [5.74, 6) is -0.180. The van der Waals surface area contributed by atoms with Crippen molar-refractivity contribution >= 4 is 34.3 Å². The maximum Gasteiger partial charge on any atom is 0.416 e. The van der Waals surface area contributed by atoms with Gasteiger partial charge in [-0.25, -0.2) is 9.48 Å². The van der Waals surface area contributed by atoms with Crippen LogP contribution in [-0.4, -0.2) is 45.4 Å². The molecule has 0 spiro atoms. The zero-order chi connectivity index (χ0) is 31.0. The Bertz CT molecular complexity index is 1560. The van der Waals surface area contributed by atoms with E-state index in [9.17, 15) is 27.6 Å². The largest absolute Gasteiger partial charge is 0.444 e. The van der Waals surface area contributed by atoms with Crippen LogP contribution in [0.25, 0.3) is 10.8 Å². The van der Waals surface area contributed by atoms with E-state index in [0.29, 0.717) is 29.7 Å². The highest BCUT2D eigenvalue weighted by molar-refractivity contribution is 5.92. The fraction of sp³-hybridized carbons (Fsp3) is 0.467. The molecule has 2 amide bonds. The van der Waals surface area contributed by atoms with Crippen LogP contribution in [0.3, 0.4) is 0 Å². The lowest BCUT2D eigenvalue weighted by molar-refractivity contribution is -0.137. The molecular weight excluding hydrogens is 551 g/mol. The van der Waals surface area contributed by atoms with Gasteiger partial charge >= 0.3 is 12.3 Å². The number of hydrogen-bond acceptors (Lipinski definition) is 6. The van der Waals surface area contributed by atoms with Gasteiger partial charge < -0.3 is 20.3 Å². The molecule has 2 heterocycles. The molecule has 226 valence electrons. The van der Waals surface area contributed by atoms with E-state index in [1.54, 1.807) is 17.9 Å². The smallest absolute Gasteiger partial charge is 0.416 e. The molecule has 1 saturated heterocycles. The Morgan fingerprint density at radius 2 is 1.81 bits per heavy atom. The fourth-order valence-electron chi connectivity index (χ4n) is 5.10. The van der Waals surface area contributed by atoms with Gasteiger partial charge in [-0.15, -0.1) is 0 Å². The molecule has 0 bridgehead atoms. The topological polar surface area (TPSA) is 106 Å². The van der Waals surface area contributed by atoms with Crippen LogP contribution in [0, 0.1) is 0 Å². The Kier molecular flexibility index (Phi) is 8.56. The van der Waals surface area contributed by atoms with Crippen molar-refractivity contribution in [3.05, 3.63) is 63.4 Å². The van der Waals surface area contributed by atoms with Crippen molar-refractivity contribution < 1.29 is 27.5 Å². The number of nitrogens with one attached hydrogen (secondary N) is 2. The number of benzene rings is 2. The first-order valence-corrected chi connectivity index (χ1v) is 13.8. The van der Waals surface area contributed by atoms with Crippen LogP contribution in [0.2, 0.25) is 0 Å². The van der Waals surface area contributed by atoms with E-state index in [4.69, 9.17) is 4.74 Å². The quantitative estimate of drug-likeness (QED) is 0.368. The third-order valence-corrected chi connectivity index (χ3v) is 7.07. The summed E-state index contributed by atoms with van der Waals surface area (Å²) >= 11 is 0. The van der Waals surface area contributed by atoms with E-state index >= 15 is 0 Å². The summed E-state index contributed by atoms with van der Waals surface area (Å²) < 4.78 is 47.7. The SMILES string of the molecule is CC(=O)Nc1cc(C(C)Nc2nn(C)c(=O)c3ccc(C4CCCN(C(=O)OC(C)(C)C)C4)cc23)cc(C(F)(F)F)c1. The first-order chi connectivity index (χ1) is 19.5. The van der Waals surface area contributed by atoms with Crippen LogP contribution in [0.5, 0.6) is 0 Å². The molecule has 12 heteroatoms. The van der Waals surface area contributed by atoms with Crippen LogP contribution in [0.4, 0.5) is 29.5 Å². The van der Waals surface area contributed by atoms with Crippen LogP contribution in [-0.2, 0) is 22.8 Å². The van der Waals surface area contributed by atoms with E-state index in [0.717, 1.165) is 30.5 Å². The minimum Gasteiger partial charge on any atom is -0.444 e. The van der Waals surface area contributed by atoms with Gasteiger partial charge in [-0.2, -0.15) is 18.3 Å². The molecule has 0 aliphatic carbocycles. The van der Waals surface area contributed by atoms with Gasteiger partial charge in [0, 0.05) is 44.1 Å². The van der Waals surface area contributed by atoms with Gasteiger partial charge in [0.2, 0.25) is 5.91 Å². The predicted octanol–water partition coefficient (Wildman–Crippen LogP) is 6.20. The second-order valence-corrected chi connectivity index (χ2v) is 11.7. The van der Waals surface area contributed by atoms with Crippen LogP contribution in [0.1, 0.15) is 76.1 Å². The van der Waals surface area contributed by atoms with Crippen LogP contribution < -0.4 is 16.2 Å². The van der Waals surface area contributed by atoms with Gasteiger partial charge in [-0.1, -0.05) is 6.07 Å². The van der Waals surface area contributed by atoms with Crippen LogP contribution >= 0.6 is 0 Å². The average molecular weight is 588 g/mol. The highest BCUT2D eigenvalue weighted by Crippen LogP contribution is 2.35. The molecule has 2 unspecified atom stereocenters. The number of fused-ring (bicyclic) bond motifs is 1. The highest BCUT2D eigenvalue weighted by Gasteiger charge is 2.32. The summed E-state index contributed by atoms with van der Waals surface area (Å²) in [4.78, 5) is 38.9. The van der Waals surface area contributed by atoms with Crippen molar-refractivity contribution in [1.29, 1.82) is 0 Å². The Labute approximate surface area is 242 Å². The maximum absolute atomic E-state index is 13.6. The number of likely N-dealkylation sites (tertiary alicyclic amines) is 1. The minimum absolute atomic E-state index is 0.00585. The Hall–Kier alpha value is -4.09. The monoisotopic (exact) mass is 587 g/mol. The lowest BCUT2D eigenvalue weighted by Crippen LogP contribution is -2.42. The number of halogens is 3. The Morgan fingerprint density at radius 1 is 1.10 bits per heavy atom. The molecule has 3 aromatic rings. The molecule has 2 N–H and O–H groups in total. The molecule has 9 nitrogen and oxygen atoms in total. The van der Waals surface area contributed by atoms with Crippen molar-refractivity contribution in [2.24, 2.45) is 7.05 Å². The van der Waals surface area contributed by atoms with E-state index in [-0.39, 0.29) is 28.8 Å². The van der Waals surface area contributed by atoms with Crippen molar-refractivity contribution in [2.75, 3.05) is 23.7 Å². The summed E-state index contributed by atoms with van der Waals surface area (Å²) in [6.45, 7) is 9.39. The number of aryl methyl sites for hydroxylation is 1. The molecule has 1 aliphatic heterocycles. The highest BCUT2D eigenvalue weighted by atomic mass is 19.4. The van der Waals surface area contributed by atoms with Crippen LogP contribution in [0.15, 0.2) is 41.2 Å². The van der Waals surface area contributed by atoms with Gasteiger partial charge in [0.15, 0.2) is 5.82 Å². The number of anilines is 2. The first kappa shape index (κ1) is 30.9. The fourth-order valence-corrected chi connectivity index (χ4v) is 5.10. The lowest BCUT2D eigenvalue weighted by Gasteiger charge is -2.34. The Balaban J connectivity index is 1.69. The number of amides is 2. The first-order valence-electron chi connectivity index (χ1n) is 13.8. The van der Waals surface area contributed by atoms with E-state index in [1.165, 1.54) is 24.7 Å². The molecule has 1 fully saturated rings. The average Bonchev–Trinajstić information content (AvgIpc) is 2.89. The van der Waals surface area contributed by atoms with Crippen molar-refractivity contribution in [2.45, 2.75) is 71.2 Å². The number of carbonyl (C=O) groups is 2. The predicted molar refractivity (Wildman–Crippen MR) is 155 cm³/mol. The number of rotatable bonds is 5. The number of aromatic nitrogens is 2. The molecule has 0 saturated carbocycles. The number of carbonyl (C=O) groups excluding carboxylic acids is 2. The number of nitrogens with zero attached hydrogens (tertiary/aromatic N) is 3. The van der Waals surface area contributed by atoms with E-state index < -0.39 is 29.3 Å². The standard InChI is InChI=1S/C30H36F3N5O4/c1-17(21-12-22(30(31,32)33)15-23(13-21)35-18(2)39)34-26-25-14-19(9-10-24(25)27(40)37(6)36-26)20-8-7-11-38(16-20)28(41)42-29(3,4)5/h9-10,12-15,17,20H,7-8,11,16H2,1-6H3,(H,34,36)(H,35,39). The van der Waals surface area contributed by atoms with Crippen molar-refractivity contribution in [1.82, 2.24) is 14.7 Å². The van der Waals surface area contributed by atoms with Gasteiger partial charge in [0.1, 0.15) is 5.60 Å². The Morgan fingerprint density at radius 3 is 2.45 bits per heavy atom. The molecule has 1 aliphatic rings. The number of alkyl halides is 3. The van der Waals surface area contributed by atoms with Gasteiger partial charge in [0.05, 0.1) is 17.0 Å². The summed E-state index contributed by atoms with van der Waals surface area (Å²) in [5.41, 5.74) is -0.625. The van der Waals surface area contributed by atoms with Crippen molar-refractivity contribution in [3.8, 4) is 0 Å². The minimum atomic E-state index is -4.62. The molecule has 2 atom stereocenters. The number of ether oxygens (including phenoxy) is 1. The second-order valence-electron chi connectivity index (χ2n) is 11.7. The summed E-state index contributed by atoms with van der Waals surface area (Å²) in [7, 11) is 1.50. The third-order valence-electron chi connectivity index (χ3n) is 7.07. The summed E-state index contributed by atoms with van der Waals surface area (Å²) in [5, 5.41) is 10.9. The second kappa shape index (κ2) is 11.7. The lowest BCUT2D eigenvalue weighted by atomic mass is 9.89. The molecule has 1 aromatic heterocycles. The normalized spacial score (nSPS) is 16.7. The molecule has 2 aromatic carbocycles. The van der Waals surface area contributed by atoms with E-state index in [1.807, 2.05) is 32.9 Å². The molecule has 42 heavy (non-hydrogen) atoms.